The Kier molecular flexibility index (Phi) is 6.68. The van der Waals surface area contributed by atoms with E-state index in [4.69, 9.17) is 9.47 Å². The zero-order valence-electron chi connectivity index (χ0n) is 15.2. The number of hydrogen-bond acceptors (Lipinski definition) is 4. The van der Waals surface area contributed by atoms with Crippen LogP contribution in [0.2, 0.25) is 0 Å². The van der Waals surface area contributed by atoms with Gasteiger partial charge in [-0.3, -0.25) is 0 Å². The van der Waals surface area contributed by atoms with Crippen molar-refractivity contribution in [2.75, 3.05) is 20.8 Å². The maximum Gasteiger partial charge on any atom is 0.315 e. The number of rotatable bonds is 8. The molecule has 0 bridgehead atoms. The number of benzene rings is 1. The van der Waals surface area contributed by atoms with Crippen LogP contribution in [0.3, 0.4) is 0 Å². The van der Waals surface area contributed by atoms with Gasteiger partial charge >= 0.3 is 6.03 Å². The second-order valence-corrected chi connectivity index (χ2v) is 5.84. The van der Waals surface area contributed by atoms with Crippen LogP contribution in [0.15, 0.2) is 30.9 Å². The van der Waals surface area contributed by atoms with Crippen molar-refractivity contribution in [2.24, 2.45) is 0 Å². The van der Waals surface area contributed by atoms with Gasteiger partial charge in [0.05, 0.1) is 26.6 Å². The number of amides is 2. The normalized spacial score (nSPS) is 11.7. The van der Waals surface area contributed by atoms with Crippen LogP contribution in [0.25, 0.3) is 0 Å². The molecule has 0 aliphatic heterocycles. The number of methoxy groups -OCH3 is 2. The van der Waals surface area contributed by atoms with Crippen LogP contribution in [0.5, 0.6) is 11.5 Å². The molecule has 2 amide bonds. The van der Waals surface area contributed by atoms with Crippen molar-refractivity contribution >= 4 is 6.03 Å². The number of aryl methyl sites for hydroxylation is 2. The minimum absolute atomic E-state index is 0.145. The van der Waals surface area contributed by atoms with Gasteiger partial charge in [0, 0.05) is 25.5 Å². The van der Waals surface area contributed by atoms with E-state index < -0.39 is 0 Å². The van der Waals surface area contributed by atoms with E-state index >= 15 is 0 Å². The Bertz CT molecular complexity index is 686. The van der Waals surface area contributed by atoms with E-state index in [0.29, 0.717) is 18.0 Å². The Morgan fingerprint density at radius 1 is 1.28 bits per heavy atom. The lowest BCUT2D eigenvalue weighted by Crippen LogP contribution is -2.37. The van der Waals surface area contributed by atoms with Crippen molar-refractivity contribution in [1.82, 2.24) is 20.2 Å². The molecule has 1 aromatic carbocycles. The van der Waals surface area contributed by atoms with Crippen LogP contribution in [-0.4, -0.2) is 36.3 Å². The second-order valence-electron chi connectivity index (χ2n) is 5.84. The summed E-state index contributed by atoms with van der Waals surface area (Å²) in [6, 6.07) is 3.48. The van der Waals surface area contributed by atoms with E-state index in [1.807, 2.05) is 36.7 Å². The smallest absolute Gasteiger partial charge is 0.315 e. The summed E-state index contributed by atoms with van der Waals surface area (Å²) in [4.78, 5) is 16.1. The Hall–Kier alpha value is -2.70. The van der Waals surface area contributed by atoms with Gasteiger partial charge in [0.15, 0.2) is 11.5 Å². The Labute approximate surface area is 148 Å². The molecule has 2 N–H and O–H groups in total. The maximum absolute atomic E-state index is 12.1. The molecule has 0 aliphatic carbocycles. The molecule has 0 saturated heterocycles. The fourth-order valence-corrected chi connectivity index (χ4v) is 2.67. The van der Waals surface area contributed by atoms with Crippen molar-refractivity contribution < 1.29 is 14.3 Å². The molecule has 0 aliphatic rings. The van der Waals surface area contributed by atoms with E-state index in [1.165, 1.54) is 0 Å². The number of hydrogen-bond donors (Lipinski definition) is 2. The Morgan fingerprint density at radius 2 is 2.00 bits per heavy atom. The minimum Gasteiger partial charge on any atom is -0.493 e. The van der Waals surface area contributed by atoms with Crippen molar-refractivity contribution in [2.45, 2.75) is 32.9 Å². The lowest BCUT2D eigenvalue weighted by molar-refractivity contribution is 0.237. The largest absolute Gasteiger partial charge is 0.493 e. The van der Waals surface area contributed by atoms with Crippen LogP contribution >= 0.6 is 0 Å². The molecule has 136 valence electrons. The van der Waals surface area contributed by atoms with Gasteiger partial charge in [-0.2, -0.15) is 0 Å². The number of aromatic nitrogens is 2. The van der Waals surface area contributed by atoms with Gasteiger partial charge in [0.25, 0.3) is 0 Å². The summed E-state index contributed by atoms with van der Waals surface area (Å²) in [5.74, 6) is 1.33. The van der Waals surface area contributed by atoms with Gasteiger partial charge in [-0.25, -0.2) is 9.78 Å². The number of imidazole rings is 1. The van der Waals surface area contributed by atoms with Crippen molar-refractivity contribution in [3.05, 3.63) is 42.0 Å². The first-order valence-electron chi connectivity index (χ1n) is 8.27. The highest BCUT2D eigenvalue weighted by Crippen LogP contribution is 2.32. The quantitative estimate of drug-likeness (QED) is 0.721. The van der Waals surface area contributed by atoms with Gasteiger partial charge in [0.1, 0.15) is 0 Å². The molecular formula is C18H26N4O3. The lowest BCUT2D eigenvalue weighted by atomic mass is 10.0. The van der Waals surface area contributed by atoms with E-state index in [1.54, 1.807) is 26.7 Å². The Morgan fingerprint density at radius 3 is 2.64 bits per heavy atom. The van der Waals surface area contributed by atoms with Crippen LogP contribution in [0, 0.1) is 6.92 Å². The van der Waals surface area contributed by atoms with Gasteiger partial charge in [-0.1, -0.05) is 0 Å². The number of urea groups is 1. The SMILES string of the molecule is COc1cc(C)c([C@H](C)NC(=O)NCCCn2ccnc2)cc1OC. The molecule has 2 aromatic rings. The van der Waals surface area contributed by atoms with Gasteiger partial charge in [0.2, 0.25) is 0 Å². The second kappa shape index (κ2) is 8.96. The van der Waals surface area contributed by atoms with E-state index in [2.05, 4.69) is 15.6 Å². The molecule has 7 heteroatoms. The third-order valence-corrected chi connectivity index (χ3v) is 4.02. The monoisotopic (exact) mass is 346 g/mol. The predicted octanol–water partition coefficient (Wildman–Crippen LogP) is 2.66. The standard InChI is InChI=1S/C18H26N4O3/c1-13-10-16(24-3)17(25-4)11-15(13)14(2)21-18(23)20-6-5-8-22-9-7-19-12-22/h7,9-12,14H,5-6,8H2,1-4H3,(H2,20,21,23)/t14-/m0/s1. The molecule has 0 saturated carbocycles. The lowest BCUT2D eigenvalue weighted by Gasteiger charge is -2.19. The van der Waals surface area contributed by atoms with E-state index in [-0.39, 0.29) is 12.1 Å². The molecule has 1 atom stereocenters. The molecule has 1 aromatic heterocycles. The molecule has 0 spiro atoms. The summed E-state index contributed by atoms with van der Waals surface area (Å²) < 4.78 is 12.6. The molecule has 0 unspecified atom stereocenters. The number of carbonyl (C=O) groups is 1. The van der Waals surface area contributed by atoms with Crippen molar-refractivity contribution in [3.63, 3.8) is 0 Å². The summed E-state index contributed by atoms with van der Waals surface area (Å²) in [6.45, 7) is 5.35. The highest BCUT2D eigenvalue weighted by molar-refractivity contribution is 5.74. The first-order chi connectivity index (χ1) is 12.0. The Balaban J connectivity index is 1.85. The highest BCUT2D eigenvalue weighted by Gasteiger charge is 2.15. The highest BCUT2D eigenvalue weighted by atomic mass is 16.5. The van der Waals surface area contributed by atoms with Crippen LogP contribution < -0.4 is 20.1 Å². The number of nitrogens with one attached hydrogen (secondary N) is 2. The zero-order valence-corrected chi connectivity index (χ0v) is 15.2. The average molecular weight is 346 g/mol. The average Bonchev–Trinajstić information content (AvgIpc) is 3.11. The van der Waals surface area contributed by atoms with Gasteiger partial charge in [-0.15, -0.1) is 0 Å². The third kappa shape index (κ3) is 5.14. The van der Waals surface area contributed by atoms with Crippen LogP contribution in [0.4, 0.5) is 4.79 Å². The van der Waals surface area contributed by atoms with Crippen LogP contribution in [0.1, 0.15) is 30.5 Å². The molecule has 7 nitrogen and oxygen atoms in total. The third-order valence-electron chi connectivity index (χ3n) is 4.02. The summed E-state index contributed by atoms with van der Waals surface area (Å²) in [7, 11) is 3.21. The number of ether oxygens (including phenoxy) is 2. The summed E-state index contributed by atoms with van der Waals surface area (Å²) >= 11 is 0. The van der Waals surface area contributed by atoms with Crippen molar-refractivity contribution in [1.29, 1.82) is 0 Å². The molecular weight excluding hydrogens is 320 g/mol. The number of carbonyl (C=O) groups excluding carboxylic acids is 1. The molecule has 0 radical (unpaired) electrons. The molecule has 2 rings (SSSR count). The summed E-state index contributed by atoms with van der Waals surface area (Å²) in [6.07, 6.45) is 6.25. The fraction of sp³-hybridized carbons (Fsp3) is 0.444. The van der Waals surface area contributed by atoms with Gasteiger partial charge in [-0.05, 0) is 43.5 Å². The maximum atomic E-state index is 12.1. The molecule has 1 heterocycles. The molecule has 25 heavy (non-hydrogen) atoms. The first kappa shape index (κ1) is 18.6. The minimum atomic E-state index is -0.188. The fourth-order valence-electron chi connectivity index (χ4n) is 2.67. The summed E-state index contributed by atoms with van der Waals surface area (Å²) in [5.41, 5.74) is 2.02. The zero-order chi connectivity index (χ0) is 18.2. The van der Waals surface area contributed by atoms with Crippen molar-refractivity contribution in [3.8, 4) is 11.5 Å². The predicted molar refractivity (Wildman–Crippen MR) is 96.1 cm³/mol. The topological polar surface area (TPSA) is 77.4 Å². The summed E-state index contributed by atoms with van der Waals surface area (Å²) in [5, 5.41) is 5.83. The van der Waals surface area contributed by atoms with Crippen LogP contribution in [-0.2, 0) is 6.54 Å². The number of nitrogens with zero attached hydrogens (tertiary/aromatic N) is 2. The van der Waals surface area contributed by atoms with E-state index in [0.717, 1.165) is 24.1 Å². The van der Waals surface area contributed by atoms with E-state index in [9.17, 15) is 4.79 Å². The first-order valence-corrected chi connectivity index (χ1v) is 8.27. The molecule has 0 fully saturated rings. The van der Waals surface area contributed by atoms with Gasteiger partial charge < -0.3 is 24.7 Å².